The molecule has 0 aromatic carbocycles. The SMILES string of the molecule is Cc1cccc(CNC(=O)N(Cc2ccncc2)CC(C)C)n1. The van der Waals surface area contributed by atoms with Gasteiger partial charge in [-0.25, -0.2) is 4.79 Å². The van der Waals surface area contributed by atoms with Crippen LogP contribution in [0.3, 0.4) is 0 Å². The Morgan fingerprint density at radius 2 is 1.96 bits per heavy atom. The summed E-state index contributed by atoms with van der Waals surface area (Å²) in [4.78, 5) is 22.8. The first-order valence-electron chi connectivity index (χ1n) is 7.89. The van der Waals surface area contributed by atoms with Gasteiger partial charge in [-0.05, 0) is 42.7 Å². The summed E-state index contributed by atoms with van der Waals surface area (Å²) in [6.45, 7) is 7.87. The first kappa shape index (κ1) is 16.9. The summed E-state index contributed by atoms with van der Waals surface area (Å²) in [6.07, 6.45) is 3.49. The molecular formula is C18H24N4O. The number of urea groups is 1. The molecule has 0 saturated carbocycles. The van der Waals surface area contributed by atoms with E-state index in [1.807, 2.05) is 42.2 Å². The second-order valence-corrected chi connectivity index (χ2v) is 6.06. The number of nitrogens with zero attached hydrogens (tertiary/aromatic N) is 3. The summed E-state index contributed by atoms with van der Waals surface area (Å²) in [5.74, 6) is 0.402. The van der Waals surface area contributed by atoms with E-state index in [1.54, 1.807) is 12.4 Å². The van der Waals surface area contributed by atoms with Crippen LogP contribution in [0, 0.1) is 12.8 Å². The first-order valence-corrected chi connectivity index (χ1v) is 7.89. The summed E-state index contributed by atoms with van der Waals surface area (Å²) in [6, 6.07) is 9.61. The molecule has 1 N–H and O–H groups in total. The van der Waals surface area contributed by atoms with Crippen LogP contribution in [0.2, 0.25) is 0 Å². The van der Waals surface area contributed by atoms with Gasteiger partial charge in [-0.3, -0.25) is 9.97 Å². The Kier molecular flexibility index (Phi) is 6.09. The topological polar surface area (TPSA) is 58.1 Å². The number of hydrogen-bond donors (Lipinski definition) is 1. The van der Waals surface area contributed by atoms with Gasteiger partial charge in [0, 0.05) is 31.2 Å². The number of amides is 2. The molecule has 0 saturated heterocycles. The number of aromatic nitrogens is 2. The Hall–Kier alpha value is -2.43. The molecule has 2 heterocycles. The van der Waals surface area contributed by atoms with Crippen molar-refractivity contribution in [2.75, 3.05) is 6.54 Å². The van der Waals surface area contributed by atoms with E-state index in [4.69, 9.17) is 0 Å². The fraction of sp³-hybridized carbons (Fsp3) is 0.389. The normalized spacial score (nSPS) is 10.6. The molecule has 0 fully saturated rings. The summed E-state index contributed by atoms with van der Waals surface area (Å²) >= 11 is 0. The lowest BCUT2D eigenvalue weighted by atomic mass is 10.2. The van der Waals surface area contributed by atoms with Crippen molar-refractivity contribution in [3.63, 3.8) is 0 Å². The number of rotatable bonds is 6. The largest absolute Gasteiger partial charge is 0.332 e. The fourth-order valence-corrected chi connectivity index (χ4v) is 2.34. The Labute approximate surface area is 137 Å². The van der Waals surface area contributed by atoms with Crippen LogP contribution in [0.1, 0.15) is 30.8 Å². The molecule has 2 aromatic heterocycles. The first-order chi connectivity index (χ1) is 11.0. The van der Waals surface area contributed by atoms with Crippen molar-refractivity contribution >= 4 is 6.03 Å². The number of carbonyl (C=O) groups is 1. The number of carbonyl (C=O) groups excluding carboxylic acids is 1. The number of hydrogen-bond acceptors (Lipinski definition) is 3. The van der Waals surface area contributed by atoms with Crippen LogP contribution >= 0.6 is 0 Å². The van der Waals surface area contributed by atoms with E-state index in [0.717, 1.165) is 17.0 Å². The maximum Gasteiger partial charge on any atom is 0.318 e. The molecule has 0 unspecified atom stereocenters. The summed E-state index contributed by atoms with van der Waals surface area (Å²) in [5, 5.41) is 2.96. The van der Waals surface area contributed by atoms with Gasteiger partial charge in [0.2, 0.25) is 0 Å². The Bertz CT molecular complexity index is 628. The molecular weight excluding hydrogens is 288 g/mol. The van der Waals surface area contributed by atoms with E-state index in [0.29, 0.717) is 25.6 Å². The molecule has 0 radical (unpaired) electrons. The Morgan fingerprint density at radius 1 is 1.22 bits per heavy atom. The third kappa shape index (κ3) is 5.70. The van der Waals surface area contributed by atoms with Crippen molar-refractivity contribution in [3.05, 3.63) is 59.7 Å². The predicted molar refractivity (Wildman–Crippen MR) is 90.7 cm³/mol. The predicted octanol–water partition coefficient (Wildman–Crippen LogP) is 3.15. The molecule has 2 aromatic rings. The zero-order valence-corrected chi connectivity index (χ0v) is 14.0. The van der Waals surface area contributed by atoms with E-state index in [2.05, 4.69) is 29.1 Å². The number of pyridine rings is 2. The van der Waals surface area contributed by atoms with E-state index in [-0.39, 0.29) is 6.03 Å². The standard InChI is InChI=1S/C18H24N4O/c1-14(2)12-22(13-16-7-9-19-10-8-16)18(23)20-11-17-6-4-5-15(3)21-17/h4-10,14H,11-13H2,1-3H3,(H,20,23). The molecule has 0 aliphatic heterocycles. The minimum atomic E-state index is -0.0705. The highest BCUT2D eigenvalue weighted by atomic mass is 16.2. The van der Waals surface area contributed by atoms with Gasteiger partial charge in [-0.1, -0.05) is 19.9 Å². The van der Waals surface area contributed by atoms with E-state index >= 15 is 0 Å². The van der Waals surface area contributed by atoms with E-state index in [9.17, 15) is 4.79 Å². The van der Waals surface area contributed by atoms with Crippen molar-refractivity contribution in [3.8, 4) is 0 Å². The van der Waals surface area contributed by atoms with Gasteiger partial charge in [0.1, 0.15) is 0 Å². The van der Waals surface area contributed by atoms with Gasteiger partial charge in [0.15, 0.2) is 0 Å². The molecule has 0 spiro atoms. The van der Waals surface area contributed by atoms with Crippen molar-refractivity contribution in [1.29, 1.82) is 0 Å². The zero-order valence-electron chi connectivity index (χ0n) is 14.0. The van der Waals surface area contributed by atoms with Gasteiger partial charge in [-0.15, -0.1) is 0 Å². The third-order valence-corrected chi connectivity index (χ3v) is 3.36. The van der Waals surface area contributed by atoms with Crippen LogP contribution in [0.5, 0.6) is 0 Å². The molecule has 0 atom stereocenters. The van der Waals surface area contributed by atoms with Crippen LogP contribution in [0.25, 0.3) is 0 Å². The van der Waals surface area contributed by atoms with Gasteiger partial charge in [0.05, 0.1) is 12.2 Å². The lowest BCUT2D eigenvalue weighted by Crippen LogP contribution is -2.41. The average molecular weight is 312 g/mol. The highest BCUT2D eigenvalue weighted by Gasteiger charge is 2.15. The number of nitrogens with one attached hydrogen (secondary N) is 1. The van der Waals surface area contributed by atoms with E-state index < -0.39 is 0 Å². The van der Waals surface area contributed by atoms with Crippen LogP contribution in [-0.2, 0) is 13.1 Å². The smallest absolute Gasteiger partial charge is 0.318 e. The minimum Gasteiger partial charge on any atom is -0.332 e. The molecule has 23 heavy (non-hydrogen) atoms. The van der Waals surface area contributed by atoms with E-state index in [1.165, 1.54) is 0 Å². The van der Waals surface area contributed by atoms with Gasteiger partial charge >= 0.3 is 6.03 Å². The molecule has 0 bridgehead atoms. The summed E-state index contributed by atoms with van der Waals surface area (Å²) in [5.41, 5.74) is 2.89. The maximum absolute atomic E-state index is 12.5. The average Bonchev–Trinajstić information content (AvgIpc) is 2.52. The van der Waals surface area contributed by atoms with Gasteiger partial charge in [0.25, 0.3) is 0 Å². The monoisotopic (exact) mass is 312 g/mol. The Morgan fingerprint density at radius 3 is 2.61 bits per heavy atom. The molecule has 122 valence electrons. The third-order valence-electron chi connectivity index (χ3n) is 3.36. The molecule has 5 heteroatoms. The highest BCUT2D eigenvalue weighted by molar-refractivity contribution is 5.74. The van der Waals surface area contributed by atoms with Crippen LogP contribution in [0.15, 0.2) is 42.7 Å². The van der Waals surface area contributed by atoms with Crippen LogP contribution in [0.4, 0.5) is 4.79 Å². The number of aryl methyl sites for hydroxylation is 1. The molecule has 0 aliphatic carbocycles. The molecule has 2 rings (SSSR count). The van der Waals surface area contributed by atoms with Crippen LogP contribution in [-0.4, -0.2) is 27.4 Å². The lowest BCUT2D eigenvalue weighted by Gasteiger charge is -2.25. The van der Waals surface area contributed by atoms with Gasteiger partial charge in [-0.2, -0.15) is 0 Å². The fourth-order valence-electron chi connectivity index (χ4n) is 2.34. The van der Waals surface area contributed by atoms with Crippen molar-refractivity contribution < 1.29 is 4.79 Å². The summed E-state index contributed by atoms with van der Waals surface area (Å²) in [7, 11) is 0. The Balaban J connectivity index is 1.98. The lowest BCUT2D eigenvalue weighted by molar-refractivity contribution is 0.187. The molecule has 0 aliphatic rings. The zero-order chi connectivity index (χ0) is 16.7. The second kappa shape index (κ2) is 8.27. The minimum absolute atomic E-state index is 0.0705. The van der Waals surface area contributed by atoms with Crippen molar-refractivity contribution in [2.45, 2.75) is 33.9 Å². The molecule has 5 nitrogen and oxygen atoms in total. The van der Waals surface area contributed by atoms with Crippen molar-refractivity contribution in [1.82, 2.24) is 20.2 Å². The maximum atomic E-state index is 12.5. The summed E-state index contributed by atoms with van der Waals surface area (Å²) < 4.78 is 0. The van der Waals surface area contributed by atoms with Crippen molar-refractivity contribution in [2.24, 2.45) is 5.92 Å². The molecule has 2 amide bonds. The quantitative estimate of drug-likeness (QED) is 0.891. The second-order valence-electron chi connectivity index (χ2n) is 6.06. The van der Waals surface area contributed by atoms with Gasteiger partial charge < -0.3 is 10.2 Å². The highest BCUT2D eigenvalue weighted by Crippen LogP contribution is 2.07. The van der Waals surface area contributed by atoms with Crippen LogP contribution < -0.4 is 5.32 Å².